The van der Waals surface area contributed by atoms with Gasteiger partial charge in [0, 0.05) is 6.08 Å². The van der Waals surface area contributed by atoms with Gasteiger partial charge in [0.1, 0.15) is 0 Å². The predicted octanol–water partition coefficient (Wildman–Crippen LogP) is 0.713. The van der Waals surface area contributed by atoms with Crippen molar-refractivity contribution in [3.63, 3.8) is 0 Å². The summed E-state index contributed by atoms with van der Waals surface area (Å²) in [6.45, 7) is 3.12. The first-order valence-corrected chi connectivity index (χ1v) is 1.12. The summed E-state index contributed by atoms with van der Waals surface area (Å²) >= 11 is 0. The van der Waals surface area contributed by atoms with Gasteiger partial charge in [-0.1, -0.05) is 6.58 Å². The maximum Gasteiger partial charge on any atom is 0.0905 e. The Morgan fingerprint density at radius 1 is 1.67 bits per heavy atom. The Hall–Kier alpha value is -0.850. The van der Waals surface area contributed by atoms with Crippen LogP contribution in [0.1, 0.15) is 0 Å². The van der Waals surface area contributed by atoms with Gasteiger partial charge in [0.2, 0.25) is 0 Å². The van der Waals surface area contributed by atoms with Crippen LogP contribution in [0.3, 0.4) is 0 Å². The second kappa shape index (κ2) is 31.1. The molecule has 0 fully saturated rings. The molecule has 0 bridgehead atoms. The molecular weight excluding hydrogens is 82.0 g/mol. The lowest BCUT2D eigenvalue weighted by Gasteiger charge is -1.31. The highest BCUT2D eigenvalue weighted by atomic mass is 17.0. The maximum absolute atomic E-state index is 7.51. The van der Waals surface area contributed by atoms with Gasteiger partial charge in [0.25, 0.3) is 0 Å². The zero-order chi connectivity index (χ0) is 5.41. The molecule has 2 N–H and O–H groups in total. The zero-order valence-corrected chi connectivity index (χ0v) is 3.13. The summed E-state index contributed by atoms with van der Waals surface area (Å²) in [6.07, 6.45) is 1.18. The summed E-state index contributed by atoms with van der Waals surface area (Å²) in [5.74, 6) is 0. The molecule has 3 heteroatoms. The van der Waals surface area contributed by atoms with Gasteiger partial charge in [-0.2, -0.15) is 5.26 Å². The molecule has 0 unspecified atom stereocenters. The van der Waals surface area contributed by atoms with Gasteiger partial charge in [-0.25, -0.2) is 0 Å². The van der Waals surface area contributed by atoms with Crippen molar-refractivity contribution in [1.82, 2.24) is 0 Å². The number of rotatable bonds is 0. The van der Waals surface area contributed by atoms with E-state index < -0.39 is 0 Å². The molecule has 0 aliphatic rings. The molecule has 0 saturated heterocycles. The van der Waals surface area contributed by atoms with Crippen molar-refractivity contribution in [2.45, 2.75) is 0 Å². The molecule has 0 aliphatic carbocycles. The quantitative estimate of drug-likeness (QED) is 0.260. The highest BCUT2D eigenvalue weighted by Gasteiger charge is 1.34. The standard InChI is InChI=1S/C3H3N.H2O2/c1-2-3-4;1-2/h2H,1H2;1-2H. The lowest BCUT2D eigenvalue weighted by atomic mass is 10.8. The second-order valence-electron chi connectivity index (χ2n) is 0.333. The van der Waals surface area contributed by atoms with Gasteiger partial charge in [-0.15, -0.1) is 0 Å². The van der Waals surface area contributed by atoms with Crippen LogP contribution in [-0.2, 0) is 0 Å². The zero-order valence-electron chi connectivity index (χ0n) is 3.13. The molecule has 3 nitrogen and oxygen atoms in total. The van der Waals surface area contributed by atoms with Crippen LogP contribution in [0.5, 0.6) is 0 Å². The summed E-state index contributed by atoms with van der Waals surface area (Å²) in [5.41, 5.74) is 0. The summed E-state index contributed by atoms with van der Waals surface area (Å²) in [5, 5.41) is 19.5. The molecule has 0 saturated carbocycles. The Morgan fingerprint density at radius 2 is 1.83 bits per heavy atom. The minimum atomic E-state index is 1.18. The van der Waals surface area contributed by atoms with E-state index in [2.05, 4.69) is 6.58 Å². The Bertz CT molecular complexity index is 54.3. The van der Waals surface area contributed by atoms with E-state index in [-0.39, 0.29) is 0 Å². The van der Waals surface area contributed by atoms with Crippen LogP contribution in [0.15, 0.2) is 12.7 Å². The predicted molar refractivity (Wildman–Crippen MR) is 21.1 cm³/mol. The smallest absolute Gasteiger partial charge is 0.0905 e. The number of allylic oxidation sites excluding steroid dienone is 1. The molecule has 0 rings (SSSR count). The van der Waals surface area contributed by atoms with Crippen molar-refractivity contribution in [1.29, 1.82) is 5.26 Å². The molecule has 6 heavy (non-hydrogen) atoms. The Morgan fingerprint density at radius 3 is 1.83 bits per heavy atom. The Kier molecular flexibility index (Phi) is 46.4. The van der Waals surface area contributed by atoms with Crippen molar-refractivity contribution in [2.75, 3.05) is 0 Å². The van der Waals surface area contributed by atoms with Gasteiger partial charge in [0.05, 0.1) is 6.07 Å². The fraction of sp³-hybridized carbons (Fsp3) is 0. The number of hydrogen-bond acceptors (Lipinski definition) is 3. The first kappa shape index (κ1) is 8.94. The molecule has 34 valence electrons. The normalized spacial score (nSPS) is 3.50. The molecule has 0 heterocycles. The largest absolute Gasteiger partial charge is 0.255 e. The highest BCUT2D eigenvalue weighted by Crippen LogP contribution is 1.41. The van der Waals surface area contributed by atoms with E-state index in [1.54, 1.807) is 6.07 Å². The minimum Gasteiger partial charge on any atom is -0.255 e. The number of nitriles is 1. The fourth-order valence-electron chi connectivity index (χ4n) is 0. The highest BCUT2D eigenvalue weighted by molar-refractivity contribution is 4.93. The molecule has 0 aromatic rings. The van der Waals surface area contributed by atoms with Crippen LogP contribution >= 0.6 is 0 Å². The summed E-state index contributed by atoms with van der Waals surface area (Å²) in [7, 11) is 0. The van der Waals surface area contributed by atoms with Crippen LogP contribution in [-0.4, -0.2) is 10.5 Å². The van der Waals surface area contributed by atoms with Crippen LogP contribution in [0.25, 0.3) is 0 Å². The van der Waals surface area contributed by atoms with Crippen LogP contribution in [0.4, 0.5) is 0 Å². The van der Waals surface area contributed by atoms with Gasteiger partial charge in [-0.3, -0.25) is 10.5 Å². The molecule has 0 atom stereocenters. The van der Waals surface area contributed by atoms with Crippen LogP contribution in [0.2, 0.25) is 0 Å². The van der Waals surface area contributed by atoms with Crippen molar-refractivity contribution in [2.24, 2.45) is 0 Å². The van der Waals surface area contributed by atoms with Crippen molar-refractivity contribution in [3.05, 3.63) is 12.7 Å². The lowest BCUT2D eigenvalue weighted by Crippen LogP contribution is -1.29. The molecule has 0 aliphatic heterocycles. The Balaban J connectivity index is 0. The van der Waals surface area contributed by atoms with E-state index in [0.717, 1.165) is 0 Å². The van der Waals surface area contributed by atoms with E-state index in [0.29, 0.717) is 0 Å². The van der Waals surface area contributed by atoms with E-state index in [4.69, 9.17) is 15.8 Å². The molecule has 0 amide bonds. The first-order chi connectivity index (χ1) is 2.91. The molecule has 0 aromatic heterocycles. The summed E-state index contributed by atoms with van der Waals surface area (Å²) in [4.78, 5) is 0. The van der Waals surface area contributed by atoms with Gasteiger partial charge >= 0.3 is 0 Å². The molecule has 0 radical (unpaired) electrons. The van der Waals surface area contributed by atoms with Gasteiger partial charge in [0.15, 0.2) is 0 Å². The fourth-order valence-corrected chi connectivity index (χ4v) is 0. The maximum atomic E-state index is 7.51. The molecule has 0 aromatic carbocycles. The van der Waals surface area contributed by atoms with E-state index in [1.807, 2.05) is 0 Å². The minimum absolute atomic E-state index is 1.18. The van der Waals surface area contributed by atoms with Gasteiger partial charge in [-0.05, 0) is 0 Å². The topological polar surface area (TPSA) is 64.2 Å². The van der Waals surface area contributed by atoms with Crippen molar-refractivity contribution in [3.8, 4) is 6.07 Å². The second-order valence-corrected chi connectivity index (χ2v) is 0.333. The molecule has 0 spiro atoms. The average Bonchev–Trinajstić information content (AvgIpc) is 1.72. The van der Waals surface area contributed by atoms with E-state index >= 15 is 0 Å². The van der Waals surface area contributed by atoms with Gasteiger partial charge < -0.3 is 0 Å². The lowest BCUT2D eigenvalue weighted by molar-refractivity contribution is -0.176. The third kappa shape index (κ3) is 647. The average molecular weight is 87.1 g/mol. The Labute approximate surface area is 35.7 Å². The van der Waals surface area contributed by atoms with E-state index in [9.17, 15) is 0 Å². The third-order valence-corrected chi connectivity index (χ3v) is 0.0913. The number of nitrogens with zero attached hydrogens (tertiary/aromatic N) is 1. The van der Waals surface area contributed by atoms with Crippen molar-refractivity contribution < 1.29 is 10.5 Å². The SMILES string of the molecule is C=CC#N.OO. The summed E-state index contributed by atoms with van der Waals surface area (Å²) in [6, 6.07) is 1.69. The van der Waals surface area contributed by atoms with Crippen LogP contribution in [0, 0.1) is 11.3 Å². The van der Waals surface area contributed by atoms with E-state index in [1.165, 1.54) is 6.08 Å². The summed E-state index contributed by atoms with van der Waals surface area (Å²) < 4.78 is 0. The number of hydrogen-bond donors (Lipinski definition) is 2. The molecular formula is C3H5NO2. The first-order valence-electron chi connectivity index (χ1n) is 1.12. The van der Waals surface area contributed by atoms with Crippen molar-refractivity contribution >= 4 is 0 Å². The third-order valence-electron chi connectivity index (χ3n) is 0.0913. The monoisotopic (exact) mass is 87.0 g/mol. The van der Waals surface area contributed by atoms with Crippen LogP contribution < -0.4 is 0 Å².